The van der Waals surface area contributed by atoms with E-state index in [0.29, 0.717) is 12.8 Å². The SMILES string of the molecule is CCC(CC)NC(=O)C1(C(N)=NO)CCCC1. The van der Waals surface area contributed by atoms with E-state index in [1.165, 1.54) is 0 Å². The molecule has 1 saturated carbocycles. The summed E-state index contributed by atoms with van der Waals surface area (Å²) in [6.45, 7) is 4.08. The van der Waals surface area contributed by atoms with Crippen LogP contribution in [-0.2, 0) is 4.79 Å². The van der Waals surface area contributed by atoms with Gasteiger partial charge in [0, 0.05) is 6.04 Å². The highest BCUT2D eigenvalue weighted by Gasteiger charge is 2.45. The van der Waals surface area contributed by atoms with Gasteiger partial charge in [0.1, 0.15) is 5.41 Å². The number of oxime groups is 1. The maximum atomic E-state index is 12.3. The third kappa shape index (κ3) is 2.70. The summed E-state index contributed by atoms with van der Waals surface area (Å²) in [6.07, 6.45) is 5.05. The Morgan fingerprint density at radius 3 is 2.35 bits per heavy atom. The van der Waals surface area contributed by atoms with E-state index >= 15 is 0 Å². The molecule has 0 spiro atoms. The standard InChI is InChI=1S/C12H23N3O2/c1-3-9(4-2)14-11(16)12(10(13)15-17)7-5-6-8-12/h9,17H,3-8H2,1-2H3,(H2,13,15)(H,14,16). The molecule has 17 heavy (non-hydrogen) atoms. The van der Waals surface area contributed by atoms with Crippen molar-refractivity contribution in [3.63, 3.8) is 0 Å². The van der Waals surface area contributed by atoms with Crippen molar-refractivity contribution in [2.45, 2.75) is 58.4 Å². The van der Waals surface area contributed by atoms with Gasteiger partial charge in [-0.1, -0.05) is 31.8 Å². The number of nitrogens with one attached hydrogen (secondary N) is 1. The smallest absolute Gasteiger partial charge is 0.234 e. The van der Waals surface area contributed by atoms with Crippen LogP contribution in [0, 0.1) is 5.41 Å². The Hall–Kier alpha value is -1.26. The van der Waals surface area contributed by atoms with Gasteiger partial charge in [0.05, 0.1) is 0 Å². The van der Waals surface area contributed by atoms with E-state index in [4.69, 9.17) is 10.9 Å². The summed E-state index contributed by atoms with van der Waals surface area (Å²) < 4.78 is 0. The molecule has 1 aliphatic carbocycles. The number of carbonyl (C=O) groups excluding carboxylic acids is 1. The number of nitrogens with zero attached hydrogens (tertiary/aromatic N) is 1. The lowest BCUT2D eigenvalue weighted by Crippen LogP contribution is -2.50. The molecule has 0 aromatic rings. The Balaban J connectivity index is 2.81. The third-order valence-corrected chi connectivity index (χ3v) is 3.81. The number of carbonyl (C=O) groups is 1. The van der Waals surface area contributed by atoms with Crippen LogP contribution in [0.3, 0.4) is 0 Å². The van der Waals surface area contributed by atoms with Gasteiger partial charge in [-0.25, -0.2) is 0 Å². The van der Waals surface area contributed by atoms with Crippen LogP contribution in [0.15, 0.2) is 5.16 Å². The topological polar surface area (TPSA) is 87.7 Å². The molecule has 0 bridgehead atoms. The lowest BCUT2D eigenvalue weighted by molar-refractivity contribution is -0.128. The lowest BCUT2D eigenvalue weighted by Gasteiger charge is -2.28. The highest BCUT2D eigenvalue weighted by molar-refractivity contribution is 6.07. The molecule has 0 saturated heterocycles. The minimum atomic E-state index is -0.780. The van der Waals surface area contributed by atoms with E-state index in [0.717, 1.165) is 25.7 Å². The zero-order valence-corrected chi connectivity index (χ0v) is 10.7. The third-order valence-electron chi connectivity index (χ3n) is 3.81. The molecule has 0 aromatic carbocycles. The first-order chi connectivity index (χ1) is 8.10. The quantitative estimate of drug-likeness (QED) is 0.296. The number of rotatable bonds is 5. The fourth-order valence-electron chi connectivity index (χ4n) is 2.49. The molecular weight excluding hydrogens is 218 g/mol. The number of hydrogen-bond acceptors (Lipinski definition) is 3. The second-order valence-electron chi connectivity index (χ2n) is 4.76. The number of hydrogen-bond donors (Lipinski definition) is 3. The summed E-state index contributed by atoms with van der Waals surface area (Å²) in [5, 5.41) is 14.9. The van der Waals surface area contributed by atoms with Gasteiger partial charge in [-0.3, -0.25) is 4.79 Å². The molecule has 0 heterocycles. The molecule has 0 aromatic heterocycles. The molecule has 1 amide bonds. The minimum Gasteiger partial charge on any atom is -0.409 e. The van der Waals surface area contributed by atoms with Crippen molar-refractivity contribution in [3.05, 3.63) is 0 Å². The average Bonchev–Trinajstić information content (AvgIpc) is 2.85. The number of amidine groups is 1. The van der Waals surface area contributed by atoms with Gasteiger partial charge in [0.15, 0.2) is 5.84 Å². The Morgan fingerprint density at radius 2 is 1.94 bits per heavy atom. The molecule has 1 aliphatic rings. The molecule has 0 aliphatic heterocycles. The van der Waals surface area contributed by atoms with E-state index in [1.807, 2.05) is 13.8 Å². The predicted octanol–water partition coefficient (Wildman–Crippen LogP) is 1.60. The van der Waals surface area contributed by atoms with Crippen LogP contribution in [0.1, 0.15) is 52.4 Å². The number of amides is 1. The fraction of sp³-hybridized carbons (Fsp3) is 0.833. The van der Waals surface area contributed by atoms with Crippen LogP contribution in [0.4, 0.5) is 0 Å². The minimum absolute atomic E-state index is 0.0541. The zero-order valence-electron chi connectivity index (χ0n) is 10.7. The van der Waals surface area contributed by atoms with Crippen molar-refractivity contribution in [2.75, 3.05) is 0 Å². The van der Waals surface area contributed by atoms with Gasteiger partial charge < -0.3 is 16.3 Å². The normalized spacial score (nSPS) is 19.6. The van der Waals surface area contributed by atoms with Crippen LogP contribution in [-0.4, -0.2) is 23.0 Å². The average molecular weight is 241 g/mol. The maximum absolute atomic E-state index is 12.3. The van der Waals surface area contributed by atoms with Crippen molar-refractivity contribution in [3.8, 4) is 0 Å². The van der Waals surface area contributed by atoms with Gasteiger partial charge in [0.25, 0.3) is 0 Å². The first-order valence-corrected chi connectivity index (χ1v) is 6.39. The van der Waals surface area contributed by atoms with Gasteiger partial charge in [-0.2, -0.15) is 0 Å². The summed E-state index contributed by atoms with van der Waals surface area (Å²) >= 11 is 0. The molecule has 98 valence electrons. The van der Waals surface area contributed by atoms with Gasteiger partial charge in [-0.15, -0.1) is 0 Å². The molecule has 0 atom stereocenters. The predicted molar refractivity (Wildman–Crippen MR) is 66.8 cm³/mol. The van der Waals surface area contributed by atoms with Crippen LogP contribution < -0.4 is 11.1 Å². The summed E-state index contributed by atoms with van der Waals surface area (Å²) in [5.74, 6) is -0.0301. The first-order valence-electron chi connectivity index (χ1n) is 6.39. The summed E-state index contributed by atoms with van der Waals surface area (Å²) in [5.41, 5.74) is 4.93. The van der Waals surface area contributed by atoms with Gasteiger partial charge >= 0.3 is 0 Å². The Labute approximate surface area is 102 Å². The lowest BCUT2D eigenvalue weighted by atomic mass is 9.83. The van der Waals surface area contributed by atoms with E-state index in [2.05, 4.69) is 10.5 Å². The highest BCUT2D eigenvalue weighted by atomic mass is 16.4. The Morgan fingerprint density at radius 1 is 1.41 bits per heavy atom. The Kier molecular flexibility index (Phi) is 4.78. The van der Waals surface area contributed by atoms with Crippen molar-refractivity contribution in [1.29, 1.82) is 0 Å². The molecule has 5 heteroatoms. The fourth-order valence-corrected chi connectivity index (χ4v) is 2.49. The largest absolute Gasteiger partial charge is 0.409 e. The molecule has 4 N–H and O–H groups in total. The van der Waals surface area contributed by atoms with Crippen LogP contribution in [0.2, 0.25) is 0 Å². The van der Waals surface area contributed by atoms with Crippen LogP contribution >= 0.6 is 0 Å². The first kappa shape index (κ1) is 13.8. The molecule has 0 radical (unpaired) electrons. The van der Waals surface area contributed by atoms with Crippen LogP contribution in [0.5, 0.6) is 0 Å². The van der Waals surface area contributed by atoms with Crippen molar-refractivity contribution in [2.24, 2.45) is 16.3 Å². The second kappa shape index (κ2) is 5.89. The van der Waals surface area contributed by atoms with E-state index in [-0.39, 0.29) is 17.8 Å². The summed E-state index contributed by atoms with van der Waals surface area (Å²) in [6, 6.07) is 0.173. The summed E-state index contributed by atoms with van der Waals surface area (Å²) in [4.78, 5) is 12.3. The Bertz CT molecular complexity index is 292. The van der Waals surface area contributed by atoms with Crippen molar-refractivity contribution < 1.29 is 10.0 Å². The molecular formula is C12H23N3O2. The summed E-state index contributed by atoms with van der Waals surface area (Å²) in [7, 11) is 0. The van der Waals surface area contributed by atoms with Crippen molar-refractivity contribution >= 4 is 11.7 Å². The zero-order chi connectivity index (χ0) is 12.9. The van der Waals surface area contributed by atoms with E-state index in [1.54, 1.807) is 0 Å². The monoisotopic (exact) mass is 241 g/mol. The molecule has 1 rings (SSSR count). The van der Waals surface area contributed by atoms with Gasteiger partial charge in [-0.05, 0) is 25.7 Å². The maximum Gasteiger partial charge on any atom is 0.234 e. The molecule has 1 fully saturated rings. The number of nitrogens with two attached hydrogens (primary N) is 1. The van der Waals surface area contributed by atoms with E-state index in [9.17, 15) is 4.79 Å². The molecule has 0 unspecified atom stereocenters. The second-order valence-corrected chi connectivity index (χ2v) is 4.76. The van der Waals surface area contributed by atoms with E-state index < -0.39 is 5.41 Å². The van der Waals surface area contributed by atoms with Gasteiger partial charge in [0.2, 0.25) is 5.91 Å². The molecule has 5 nitrogen and oxygen atoms in total. The van der Waals surface area contributed by atoms with Crippen LogP contribution in [0.25, 0.3) is 0 Å². The highest BCUT2D eigenvalue weighted by Crippen LogP contribution is 2.38. The van der Waals surface area contributed by atoms with Crippen molar-refractivity contribution in [1.82, 2.24) is 5.32 Å².